The molecule has 0 heterocycles. The number of rotatable bonds is 3. The summed E-state index contributed by atoms with van der Waals surface area (Å²) in [7, 11) is 1.47. The minimum atomic E-state index is -0.288. The summed E-state index contributed by atoms with van der Waals surface area (Å²) in [5.74, 6) is 0.0000954. The first-order valence-electron chi connectivity index (χ1n) is 4.27. The van der Waals surface area contributed by atoms with Crippen LogP contribution in [0.4, 0.5) is 10.1 Å². The van der Waals surface area contributed by atoms with Gasteiger partial charge < -0.3 is 10.1 Å². The third kappa shape index (κ3) is 2.11. The van der Waals surface area contributed by atoms with E-state index < -0.39 is 0 Å². The molecule has 0 saturated heterocycles. The summed E-state index contributed by atoms with van der Waals surface area (Å²) in [6.45, 7) is 4.53. The van der Waals surface area contributed by atoms with Gasteiger partial charge in [0.05, 0.1) is 7.11 Å². The Morgan fingerprint density at radius 3 is 2.69 bits per heavy atom. The normalized spacial score (nSPS) is 9.85. The van der Waals surface area contributed by atoms with Crippen molar-refractivity contribution < 1.29 is 9.13 Å². The Kier molecular flexibility index (Phi) is 3.12. The van der Waals surface area contributed by atoms with Crippen LogP contribution >= 0.6 is 0 Å². The lowest BCUT2D eigenvalue weighted by Gasteiger charge is -2.09. The van der Waals surface area contributed by atoms with Gasteiger partial charge in [0, 0.05) is 18.3 Å². The minimum absolute atomic E-state index is 0.288. The van der Waals surface area contributed by atoms with E-state index in [2.05, 4.69) is 5.32 Å². The van der Waals surface area contributed by atoms with Crippen molar-refractivity contribution >= 4 is 5.69 Å². The van der Waals surface area contributed by atoms with Gasteiger partial charge >= 0.3 is 0 Å². The largest absolute Gasteiger partial charge is 0.494 e. The molecule has 0 bridgehead atoms. The van der Waals surface area contributed by atoms with Crippen molar-refractivity contribution in [3.8, 4) is 5.75 Å². The monoisotopic (exact) mass is 183 g/mol. The fraction of sp³-hybridized carbons (Fsp3) is 0.400. The summed E-state index contributed by atoms with van der Waals surface area (Å²) >= 11 is 0. The number of halogens is 1. The molecule has 0 fully saturated rings. The number of aryl methyl sites for hydroxylation is 1. The molecular weight excluding hydrogens is 169 g/mol. The standard InChI is InChI=1S/C10H14FNO/c1-4-12-8-5-7(2)10(11)9(6-8)13-3/h5-6,12H,4H2,1-3H3. The van der Waals surface area contributed by atoms with Gasteiger partial charge in [0.1, 0.15) is 0 Å². The Labute approximate surface area is 77.7 Å². The molecule has 13 heavy (non-hydrogen) atoms. The van der Waals surface area contributed by atoms with Gasteiger partial charge in [-0.25, -0.2) is 4.39 Å². The van der Waals surface area contributed by atoms with E-state index in [9.17, 15) is 4.39 Å². The first kappa shape index (κ1) is 9.84. The van der Waals surface area contributed by atoms with Crippen LogP contribution in [0.3, 0.4) is 0 Å². The van der Waals surface area contributed by atoms with E-state index in [0.29, 0.717) is 5.56 Å². The van der Waals surface area contributed by atoms with E-state index in [0.717, 1.165) is 12.2 Å². The smallest absolute Gasteiger partial charge is 0.168 e. The lowest BCUT2D eigenvalue weighted by Crippen LogP contribution is -1.99. The van der Waals surface area contributed by atoms with E-state index in [1.54, 1.807) is 19.1 Å². The third-order valence-electron chi connectivity index (χ3n) is 1.82. The molecule has 0 unspecified atom stereocenters. The maximum atomic E-state index is 13.3. The molecule has 0 aliphatic rings. The molecule has 1 aromatic rings. The number of nitrogens with one attached hydrogen (secondary N) is 1. The first-order chi connectivity index (χ1) is 6.19. The van der Waals surface area contributed by atoms with Gasteiger partial charge in [0.15, 0.2) is 11.6 Å². The maximum Gasteiger partial charge on any atom is 0.168 e. The van der Waals surface area contributed by atoms with Gasteiger partial charge in [-0.3, -0.25) is 0 Å². The van der Waals surface area contributed by atoms with Crippen LogP contribution in [0.15, 0.2) is 12.1 Å². The summed E-state index contributed by atoms with van der Waals surface area (Å²) < 4.78 is 18.2. The summed E-state index contributed by atoms with van der Waals surface area (Å²) in [5, 5.41) is 3.10. The average Bonchev–Trinajstić information content (AvgIpc) is 2.11. The first-order valence-corrected chi connectivity index (χ1v) is 4.27. The molecule has 1 aromatic carbocycles. The predicted octanol–water partition coefficient (Wildman–Crippen LogP) is 2.57. The fourth-order valence-electron chi connectivity index (χ4n) is 1.19. The molecule has 0 aromatic heterocycles. The second kappa shape index (κ2) is 4.12. The zero-order valence-corrected chi connectivity index (χ0v) is 8.15. The molecule has 0 aliphatic carbocycles. The molecule has 0 saturated carbocycles. The van der Waals surface area contributed by atoms with Crippen molar-refractivity contribution in [1.82, 2.24) is 0 Å². The highest BCUT2D eigenvalue weighted by atomic mass is 19.1. The highest BCUT2D eigenvalue weighted by Gasteiger charge is 2.07. The number of anilines is 1. The zero-order valence-electron chi connectivity index (χ0n) is 8.15. The minimum Gasteiger partial charge on any atom is -0.494 e. The van der Waals surface area contributed by atoms with Gasteiger partial charge in [0.25, 0.3) is 0 Å². The highest BCUT2D eigenvalue weighted by Crippen LogP contribution is 2.24. The number of ether oxygens (including phenoxy) is 1. The lowest BCUT2D eigenvalue weighted by molar-refractivity contribution is 0.385. The number of hydrogen-bond donors (Lipinski definition) is 1. The summed E-state index contributed by atoms with van der Waals surface area (Å²) in [6, 6.07) is 3.42. The average molecular weight is 183 g/mol. The maximum absolute atomic E-state index is 13.3. The summed E-state index contributed by atoms with van der Waals surface area (Å²) in [6.07, 6.45) is 0. The molecule has 72 valence electrons. The Bertz CT molecular complexity index is 299. The van der Waals surface area contributed by atoms with Gasteiger partial charge in [-0.1, -0.05) is 0 Å². The molecule has 0 radical (unpaired) electrons. The van der Waals surface area contributed by atoms with Crippen LogP contribution in [-0.4, -0.2) is 13.7 Å². The second-order valence-corrected chi connectivity index (χ2v) is 2.84. The summed E-state index contributed by atoms with van der Waals surface area (Å²) in [5.41, 5.74) is 1.48. The number of hydrogen-bond acceptors (Lipinski definition) is 2. The lowest BCUT2D eigenvalue weighted by atomic mass is 10.2. The topological polar surface area (TPSA) is 21.3 Å². The predicted molar refractivity (Wildman–Crippen MR) is 51.9 cm³/mol. The Hall–Kier alpha value is -1.25. The van der Waals surface area contributed by atoms with Crippen molar-refractivity contribution in [2.24, 2.45) is 0 Å². The van der Waals surface area contributed by atoms with E-state index in [4.69, 9.17) is 4.74 Å². The van der Waals surface area contributed by atoms with Crippen molar-refractivity contribution in [3.63, 3.8) is 0 Å². The quantitative estimate of drug-likeness (QED) is 0.777. The van der Waals surface area contributed by atoms with Crippen molar-refractivity contribution in [2.45, 2.75) is 13.8 Å². The van der Waals surface area contributed by atoms with Crippen LogP contribution in [0.1, 0.15) is 12.5 Å². The Morgan fingerprint density at radius 2 is 2.15 bits per heavy atom. The van der Waals surface area contributed by atoms with Crippen LogP contribution in [-0.2, 0) is 0 Å². The zero-order chi connectivity index (χ0) is 9.84. The van der Waals surface area contributed by atoms with Gasteiger partial charge in [0.2, 0.25) is 0 Å². The third-order valence-corrected chi connectivity index (χ3v) is 1.82. The van der Waals surface area contributed by atoms with Gasteiger partial charge in [-0.05, 0) is 25.5 Å². The molecule has 1 rings (SSSR count). The molecule has 3 heteroatoms. The van der Waals surface area contributed by atoms with Crippen LogP contribution in [0.25, 0.3) is 0 Å². The van der Waals surface area contributed by atoms with E-state index in [1.807, 2.05) is 6.92 Å². The molecule has 2 nitrogen and oxygen atoms in total. The SMILES string of the molecule is CCNc1cc(C)c(F)c(OC)c1. The van der Waals surface area contributed by atoms with E-state index in [-0.39, 0.29) is 11.6 Å². The Balaban J connectivity index is 3.06. The highest BCUT2D eigenvalue weighted by molar-refractivity contribution is 5.51. The van der Waals surface area contributed by atoms with E-state index in [1.165, 1.54) is 7.11 Å². The van der Waals surface area contributed by atoms with Crippen LogP contribution in [0, 0.1) is 12.7 Å². The summed E-state index contributed by atoms with van der Waals surface area (Å²) in [4.78, 5) is 0. The molecule has 0 aliphatic heterocycles. The molecule has 1 N–H and O–H groups in total. The van der Waals surface area contributed by atoms with Crippen LogP contribution < -0.4 is 10.1 Å². The molecular formula is C10H14FNO. The number of benzene rings is 1. The van der Waals surface area contributed by atoms with Crippen LogP contribution in [0.5, 0.6) is 5.75 Å². The van der Waals surface area contributed by atoms with Crippen LogP contribution in [0.2, 0.25) is 0 Å². The van der Waals surface area contributed by atoms with Gasteiger partial charge in [-0.2, -0.15) is 0 Å². The second-order valence-electron chi connectivity index (χ2n) is 2.84. The Morgan fingerprint density at radius 1 is 1.46 bits per heavy atom. The number of methoxy groups -OCH3 is 1. The van der Waals surface area contributed by atoms with Crippen molar-refractivity contribution in [2.75, 3.05) is 19.0 Å². The fourth-order valence-corrected chi connectivity index (χ4v) is 1.19. The van der Waals surface area contributed by atoms with Crippen molar-refractivity contribution in [3.05, 3.63) is 23.5 Å². The van der Waals surface area contributed by atoms with Crippen molar-refractivity contribution in [1.29, 1.82) is 0 Å². The molecule has 0 spiro atoms. The van der Waals surface area contributed by atoms with Gasteiger partial charge in [-0.15, -0.1) is 0 Å². The van der Waals surface area contributed by atoms with E-state index >= 15 is 0 Å². The molecule has 0 amide bonds. The molecule has 0 atom stereocenters.